The Hall–Kier alpha value is -3.04. The molecule has 0 fully saturated rings. The van der Waals surface area contributed by atoms with E-state index in [-0.39, 0.29) is 17.4 Å². The van der Waals surface area contributed by atoms with Crippen LogP contribution in [-0.2, 0) is 4.79 Å². The van der Waals surface area contributed by atoms with Crippen molar-refractivity contribution in [2.75, 3.05) is 13.1 Å². The van der Waals surface area contributed by atoms with Gasteiger partial charge in [0.05, 0.1) is 21.5 Å². The smallest absolute Gasteiger partial charge is 0.277 e. The fourth-order valence-corrected chi connectivity index (χ4v) is 2.96. The SMILES string of the molecule is CCCN(CCC)C(=O)[C@H](CC(C)C)NC(=O)c1cc([N+](=O)[O-])cc([N+](=O)[O-])c1. The van der Waals surface area contributed by atoms with Gasteiger partial charge in [-0.15, -0.1) is 0 Å². The van der Waals surface area contributed by atoms with Crippen LogP contribution in [0.3, 0.4) is 0 Å². The van der Waals surface area contributed by atoms with Gasteiger partial charge in [-0.05, 0) is 25.2 Å². The average Bonchev–Trinajstić information content (AvgIpc) is 2.65. The second-order valence-electron chi connectivity index (χ2n) is 7.23. The molecule has 0 spiro atoms. The minimum Gasteiger partial charge on any atom is -0.341 e. The van der Waals surface area contributed by atoms with E-state index < -0.39 is 33.2 Å². The molecule has 0 radical (unpaired) electrons. The van der Waals surface area contributed by atoms with E-state index >= 15 is 0 Å². The predicted octanol–water partition coefficient (Wildman–Crippen LogP) is 3.30. The maximum Gasteiger partial charge on any atom is 0.277 e. The van der Waals surface area contributed by atoms with Gasteiger partial charge in [0.1, 0.15) is 6.04 Å². The van der Waals surface area contributed by atoms with E-state index in [4.69, 9.17) is 0 Å². The Morgan fingerprint density at radius 2 is 1.48 bits per heavy atom. The predicted molar refractivity (Wildman–Crippen MR) is 108 cm³/mol. The highest BCUT2D eigenvalue weighted by atomic mass is 16.6. The number of benzene rings is 1. The van der Waals surface area contributed by atoms with Gasteiger partial charge in [-0.1, -0.05) is 27.7 Å². The highest BCUT2D eigenvalue weighted by Gasteiger charge is 2.28. The lowest BCUT2D eigenvalue weighted by Gasteiger charge is -2.28. The number of nitro benzene ring substituents is 2. The van der Waals surface area contributed by atoms with Crippen LogP contribution < -0.4 is 5.32 Å². The summed E-state index contributed by atoms with van der Waals surface area (Å²) >= 11 is 0. The Balaban J connectivity index is 3.19. The van der Waals surface area contributed by atoms with Gasteiger partial charge in [0.25, 0.3) is 17.3 Å². The molecule has 0 aliphatic rings. The number of carbonyl (C=O) groups excluding carboxylic acids is 2. The van der Waals surface area contributed by atoms with Crippen molar-refractivity contribution in [3.05, 3.63) is 44.0 Å². The quantitative estimate of drug-likeness (QED) is 0.441. The fraction of sp³-hybridized carbons (Fsp3) is 0.579. The monoisotopic (exact) mass is 408 g/mol. The molecule has 2 amide bonds. The maximum atomic E-state index is 13.0. The van der Waals surface area contributed by atoms with Crippen molar-refractivity contribution in [1.82, 2.24) is 10.2 Å². The molecule has 10 heteroatoms. The largest absolute Gasteiger partial charge is 0.341 e. The van der Waals surface area contributed by atoms with E-state index in [1.807, 2.05) is 27.7 Å². The third-order valence-electron chi connectivity index (χ3n) is 4.20. The van der Waals surface area contributed by atoms with E-state index in [2.05, 4.69) is 5.32 Å². The van der Waals surface area contributed by atoms with Crippen molar-refractivity contribution in [2.24, 2.45) is 5.92 Å². The number of carbonyl (C=O) groups is 2. The second kappa shape index (κ2) is 11.1. The molecule has 0 saturated heterocycles. The van der Waals surface area contributed by atoms with Crippen molar-refractivity contribution < 1.29 is 19.4 Å². The van der Waals surface area contributed by atoms with Gasteiger partial charge < -0.3 is 10.2 Å². The van der Waals surface area contributed by atoms with Crippen LogP contribution in [0.5, 0.6) is 0 Å². The minimum absolute atomic E-state index is 0.105. The molecule has 0 aliphatic heterocycles. The Morgan fingerprint density at radius 3 is 1.86 bits per heavy atom. The first-order chi connectivity index (χ1) is 13.6. The molecule has 1 aromatic carbocycles. The Kier molecular flexibility index (Phi) is 9.17. The molecule has 0 aliphatic carbocycles. The molecular formula is C19H28N4O6. The fourth-order valence-electron chi connectivity index (χ4n) is 2.96. The standard InChI is InChI=1S/C19H28N4O6/c1-5-7-21(8-6-2)19(25)17(9-13(3)4)20-18(24)14-10-15(22(26)27)12-16(11-14)23(28)29/h10-13,17H,5-9H2,1-4H3,(H,20,24)/t17-/m0/s1. The number of hydrogen-bond donors (Lipinski definition) is 1. The first kappa shape index (κ1) is 24.0. The van der Waals surface area contributed by atoms with Gasteiger partial charge in [0.15, 0.2) is 0 Å². The zero-order valence-electron chi connectivity index (χ0n) is 17.2. The second-order valence-corrected chi connectivity index (χ2v) is 7.23. The van der Waals surface area contributed by atoms with E-state index in [1.54, 1.807) is 4.90 Å². The number of nitro groups is 2. The third-order valence-corrected chi connectivity index (χ3v) is 4.20. The lowest BCUT2D eigenvalue weighted by molar-refractivity contribution is -0.394. The third kappa shape index (κ3) is 7.13. The average molecular weight is 408 g/mol. The summed E-state index contributed by atoms with van der Waals surface area (Å²) in [6.07, 6.45) is 1.92. The number of amides is 2. The summed E-state index contributed by atoms with van der Waals surface area (Å²) in [5.41, 5.74) is -1.35. The maximum absolute atomic E-state index is 13.0. The van der Waals surface area contributed by atoms with Gasteiger partial charge in [0, 0.05) is 25.2 Å². The molecule has 0 heterocycles. The van der Waals surface area contributed by atoms with Gasteiger partial charge >= 0.3 is 0 Å². The van der Waals surface area contributed by atoms with Crippen molar-refractivity contribution in [3.8, 4) is 0 Å². The van der Waals surface area contributed by atoms with Crippen molar-refractivity contribution in [3.63, 3.8) is 0 Å². The molecular weight excluding hydrogens is 380 g/mol. The summed E-state index contributed by atoms with van der Waals surface area (Å²) in [6.45, 7) is 8.84. The molecule has 1 rings (SSSR count). The van der Waals surface area contributed by atoms with Crippen LogP contribution in [0.15, 0.2) is 18.2 Å². The first-order valence-corrected chi connectivity index (χ1v) is 9.64. The molecule has 1 aromatic rings. The summed E-state index contributed by atoms with van der Waals surface area (Å²) in [4.78, 5) is 47.9. The van der Waals surface area contributed by atoms with Gasteiger partial charge in [-0.25, -0.2) is 0 Å². The van der Waals surface area contributed by atoms with Crippen LogP contribution in [0.2, 0.25) is 0 Å². The molecule has 0 bridgehead atoms. The van der Waals surface area contributed by atoms with Crippen LogP contribution in [0.4, 0.5) is 11.4 Å². The number of rotatable bonds is 11. The Labute approximate surface area is 169 Å². The molecule has 0 saturated carbocycles. The Bertz CT molecular complexity index is 727. The van der Waals surface area contributed by atoms with Crippen LogP contribution in [0.25, 0.3) is 0 Å². The minimum atomic E-state index is -0.820. The molecule has 0 aromatic heterocycles. The van der Waals surface area contributed by atoms with Gasteiger partial charge in [0.2, 0.25) is 5.91 Å². The zero-order valence-corrected chi connectivity index (χ0v) is 17.2. The normalized spacial score (nSPS) is 11.8. The van der Waals surface area contributed by atoms with E-state index in [1.165, 1.54) is 0 Å². The van der Waals surface area contributed by atoms with Crippen molar-refractivity contribution in [1.29, 1.82) is 0 Å². The van der Waals surface area contributed by atoms with E-state index in [0.717, 1.165) is 31.0 Å². The summed E-state index contributed by atoms with van der Waals surface area (Å²) in [5.74, 6) is -0.881. The van der Waals surface area contributed by atoms with Crippen LogP contribution >= 0.6 is 0 Å². The molecule has 29 heavy (non-hydrogen) atoms. The lowest BCUT2D eigenvalue weighted by atomic mass is 10.0. The van der Waals surface area contributed by atoms with Gasteiger partial charge in [-0.3, -0.25) is 29.8 Å². The van der Waals surface area contributed by atoms with E-state index in [0.29, 0.717) is 19.5 Å². The van der Waals surface area contributed by atoms with Crippen LogP contribution in [0.1, 0.15) is 57.3 Å². The summed E-state index contributed by atoms with van der Waals surface area (Å²) < 4.78 is 0. The highest BCUT2D eigenvalue weighted by molar-refractivity contribution is 5.98. The van der Waals surface area contributed by atoms with Crippen LogP contribution in [-0.4, -0.2) is 45.7 Å². The molecule has 10 nitrogen and oxygen atoms in total. The summed E-state index contributed by atoms with van der Waals surface area (Å²) in [5, 5.41) is 24.7. The number of nitrogens with one attached hydrogen (secondary N) is 1. The zero-order chi connectivity index (χ0) is 22.1. The van der Waals surface area contributed by atoms with Gasteiger partial charge in [-0.2, -0.15) is 0 Å². The highest BCUT2D eigenvalue weighted by Crippen LogP contribution is 2.23. The lowest BCUT2D eigenvalue weighted by Crippen LogP contribution is -2.49. The van der Waals surface area contributed by atoms with Crippen molar-refractivity contribution in [2.45, 2.75) is 53.0 Å². The number of non-ortho nitro benzene ring substituents is 2. The molecule has 1 atom stereocenters. The van der Waals surface area contributed by atoms with E-state index in [9.17, 15) is 29.8 Å². The molecule has 0 unspecified atom stereocenters. The summed E-state index contributed by atoms with van der Waals surface area (Å²) in [6, 6.07) is 1.90. The topological polar surface area (TPSA) is 136 Å². The number of nitrogens with zero attached hydrogens (tertiary/aromatic N) is 3. The Morgan fingerprint density at radius 1 is 1.00 bits per heavy atom. The molecule has 1 N–H and O–H groups in total. The van der Waals surface area contributed by atoms with Crippen LogP contribution in [0, 0.1) is 26.1 Å². The molecule has 160 valence electrons. The van der Waals surface area contributed by atoms with Crippen molar-refractivity contribution >= 4 is 23.2 Å². The first-order valence-electron chi connectivity index (χ1n) is 9.64. The number of hydrogen-bond acceptors (Lipinski definition) is 6. The summed E-state index contributed by atoms with van der Waals surface area (Å²) in [7, 11) is 0.